The highest BCUT2D eigenvalue weighted by atomic mass is 15.3. The summed E-state index contributed by atoms with van der Waals surface area (Å²) in [5, 5.41) is 0. The predicted octanol–water partition coefficient (Wildman–Crippen LogP) is 2.06. The molecule has 1 saturated heterocycles. The summed E-state index contributed by atoms with van der Waals surface area (Å²) < 4.78 is 0. The second kappa shape index (κ2) is 6.88. The van der Waals surface area contributed by atoms with Gasteiger partial charge in [0.1, 0.15) is 0 Å². The largest absolute Gasteiger partial charge is 0.326 e. The highest BCUT2D eigenvalue weighted by Gasteiger charge is 2.30. The minimum atomic E-state index is 0.399. The van der Waals surface area contributed by atoms with Crippen LogP contribution in [0.15, 0.2) is 0 Å². The fourth-order valence-corrected chi connectivity index (χ4v) is 3.79. The Kier molecular flexibility index (Phi) is 5.46. The second-order valence-corrected chi connectivity index (χ2v) is 6.43. The maximum atomic E-state index is 6.47. The summed E-state index contributed by atoms with van der Waals surface area (Å²) in [5.74, 6) is 0. The first-order valence-corrected chi connectivity index (χ1v) is 7.88. The molecule has 18 heavy (non-hydrogen) atoms. The molecule has 0 aromatic carbocycles. The number of hydrogen-bond donors (Lipinski definition) is 1. The summed E-state index contributed by atoms with van der Waals surface area (Å²) in [7, 11) is 2.25. The summed E-state index contributed by atoms with van der Waals surface area (Å²) in [6.45, 7) is 6.06. The van der Waals surface area contributed by atoms with E-state index in [1.807, 2.05) is 0 Å². The molecule has 0 radical (unpaired) electrons. The molecular formula is C15H31N3. The molecule has 0 bridgehead atoms. The van der Waals surface area contributed by atoms with Crippen LogP contribution in [0.2, 0.25) is 0 Å². The molecule has 3 unspecified atom stereocenters. The highest BCUT2D eigenvalue weighted by Crippen LogP contribution is 2.24. The first-order valence-electron chi connectivity index (χ1n) is 7.88. The van der Waals surface area contributed by atoms with E-state index in [0.717, 1.165) is 0 Å². The molecule has 3 nitrogen and oxygen atoms in total. The Morgan fingerprint density at radius 1 is 0.944 bits per heavy atom. The Hall–Kier alpha value is -0.120. The zero-order valence-electron chi connectivity index (χ0n) is 12.3. The van der Waals surface area contributed by atoms with Gasteiger partial charge in [-0.3, -0.25) is 4.90 Å². The quantitative estimate of drug-likeness (QED) is 0.776. The van der Waals surface area contributed by atoms with Crippen LogP contribution < -0.4 is 5.73 Å². The van der Waals surface area contributed by atoms with Gasteiger partial charge in [0, 0.05) is 31.2 Å². The Morgan fingerprint density at radius 2 is 1.67 bits per heavy atom. The van der Waals surface area contributed by atoms with Crippen LogP contribution >= 0.6 is 0 Å². The van der Waals surface area contributed by atoms with Gasteiger partial charge >= 0.3 is 0 Å². The Bertz CT molecular complexity index is 242. The zero-order chi connectivity index (χ0) is 13.0. The fourth-order valence-electron chi connectivity index (χ4n) is 3.79. The van der Waals surface area contributed by atoms with Crippen molar-refractivity contribution in [3.8, 4) is 0 Å². The number of nitrogens with two attached hydrogens (primary N) is 1. The van der Waals surface area contributed by atoms with E-state index < -0.39 is 0 Å². The summed E-state index contributed by atoms with van der Waals surface area (Å²) in [4.78, 5) is 5.19. The average Bonchev–Trinajstić information content (AvgIpc) is 2.46. The maximum Gasteiger partial charge on any atom is 0.0250 e. The zero-order valence-corrected chi connectivity index (χ0v) is 12.3. The van der Waals surface area contributed by atoms with Gasteiger partial charge in [0.25, 0.3) is 0 Å². The van der Waals surface area contributed by atoms with Gasteiger partial charge < -0.3 is 10.6 Å². The number of hydrogen-bond acceptors (Lipinski definition) is 3. The van der Waals surface area contributed by atoms with Crippen molar-refractivity contribution >= 4 is 0 Å². The number of nitrogens with zero attached hydrogens (tertiary/aromatic N) is 2. The molecule has 0 aromatic heterocycles. The molecule has 2 fully saturated rings. The van der Waals surface area contributed by atoms with Gasteiger partial charge in [-0.2, -0.15) is 0 Å². The molecule has 1 aliphatic carbocycles. The van der Waals surface area contributed by atoms with E-state index in [9.17, 15) is 0 Å². The van der Waals surface area contributed by atoms with E-state index in [1.165, 1.54) is 64.6 Å². The third kappa shape index (κ3) is 3.69. The van der Waals surface area contributed by atoms with Crippen LogP contribution in [0, 0.1) is 0 Å². The molecule has 0 spiro atoms. The maximum absolute atomic E-state index is 6.47. The lowest BCUT2D eigenvalue weighted by Crippen LogP contribution is -2.53. The van der Waals surface area contributed by atoms with Gasteiger partial charge in [-0.25, -0.2) is 0 Å². The minimum Gasteiger partial charge on any atom is -0.326 e. The second-order valence-electron chi connectivity index (χ2n) is 6.43. The lowest BCUT2D eigenvalue weighted by molar-refractivity contribution is 0.107. The molecule has 106 valence electrons. The van der Waals surface area contributed by atoms with Crippen LogP contribution in [0.3, 0.4) is 0 Å². The Balaban J connectivity index is 2.01. The third-order valence-corrected chi connectivity index (χ3v) is 4.81. The van der Waals surface area contributed by atoms with E-state index in [2.05, 4.69) is 23.8 Å². The molecule has 0 amide bonds. The van der Waals surface area contributed by atoms with Crippen molar-refractivity contribution < 1.29 is 0 Å². The summed E-state index contributed by atoms with van der Waals surface area (Å²) in [6, 6.07) is 1.69. The molecule has 2 aliphatic rings. The monoisotopic (exact) mass is 253 g/mol. The van der Waals surface area contributed by atoms with Crippen LogP contribution in [0.1, 0.15) is 51.9 Å². The van der Waals surface area contributed by atoms with E-state index in [-0.39, 0.29) is 0 Å². The number of rotatable bonds is 1. The van der Waals surface area contributed by atoms with Crippen molar-refractivity contribution in [1.82, 2.24) is 9.80 Å². The Morgan fingerprint density at radius 3 is 2.44 bits per heavy atom. The number of likely N-dealkylation sites (N-methyl/N-ethyl adjacent to an activating group) is 1. The van der Waals surface area contributed by atoms with Crippen LogP contribution in [0.5, 0.6) is 0 Å². The van der Waals surface area contributed by atoms with E-state index in [0.29, 0.717) is 18.1 Å². The lowest BCUT2D eigenvalue weighted by Gasteiger charge is -2.40. The first-order chi connectivity index (χ1) is 8.68. The van der Waals surface area contributed by atoms with Crippen LogP contribution in [0.25, 0.3) is 0 Å². The van der Waals surface area contributed by atoms with Crippen molar-refractivity contribution in [2.45, 2.75) is 70.0 Å². The smallest absolute Gasteiger partial charge is 0.0250 e. The highest BCUT2D eigenvalue weighted by molar-refractivity contribution is 4.88. The topological polar surface area (TPSA) is 32.5 Å². The summed E-state index contributed by atoms with van der Waals surface area (Å²) in [5.41, 5.74) is 6.47. The van der Waals surface area contributed by atoms with Gasteiger partial charge in [-0.05, 0) is 39.8 Å². The SMILES string of the molecule is CC1CN(C)CCCN1C1CCCCCCC1N. The normalized spacial score (nSPS) is 37.8. The van der Waals surface area contributed by atoms with Gasteiger partial charge in [-0.15, -0.1) is 0 Å². The molecule has 2 rings (SSSR count). The van der Waals surface area contributed by atoms with Crippen molar-refractivity contribution in [1.29, 1.82) is 0 Å². The Labute approximate surface area is 113 Å². The molecule has 3 atom stereocenters. The molecule has 1 heterocycles. The van der Waals surface area contributed by atoms with E-state index in [4.69, 9.17) is 5.73 Å². The summed E-state index contributed by atoms with van der Waals surface area (Å²) >= 11 is 0. The fraction of sp³-hybridized carbons (Fsp3) is 1.00. The van der Waals surface area contributed by atoms with Gasteiger partial charge in [0.2, 0.25) is 0 Å². The van der Waals surface area contributed by atoms with Gasteiger partial charge in [0.05, 0.1) is 0 Å². The molecular weight excluding hydrogens is 222 g/mol. The van der Waals surface area contributed by atoms with Crippen molar-refractivity contribution in [2.24, 2.45) is 5.73 Å². The predicted molar refractivity (Wildman–Crippen MR) is 77.7 cm³/mol. The molecule has 3 heteroatoms. The van der Waals surface area contributed by atoms with Gasteiger partial charge in [-0.1, -0.05) is 25.7 Å². The average molecular weight is 253 g/mol. The third-order valence-electron chi connectivity index (χ3n) is 4.81. The van der Waals surface area contributed by atoms with Crippen molar-refractivity contribution in [3.63, 3.8) is 0 Å². The molecule has 1 aliphatic heterocycles. The van der Waals surface area contributed by atoms with Crippen molar-refractivity contribution in [3.05, 3.63) is 0 Å². The van der Waals surface area contributed by atoms with Crippen molar-refractivity contribution in [2.75, 3.05) is 26.7 Å². The summed E-state index contributed by atoms with van der Waals surface area (Å²) in [6.07, 6.45) is 9.34. The van der Waals surface area contributed by atoms with E-state index >= 15 is 0 Å². The van der Waals surface area contributed by atoms with Crippen LogP contribution in [-0.2, 0) is 0 Å². The molecule has 2 N–H and O–H groups in total. The standard InChI is InChI=1S/C15H31N3/c1-13-12-17(2)10-7-11-18(13)15-9-6-4-3-5-8-14(15)16/h13-15H,3-12,16H2,1-2H3. The van der Waals surface area contributed by atoms with Crippen LogP contribution in [-0.4, -0.2) is 54.6 Å². The molecule has 0 aromatic rings. The molecule has 1 saturated carbocycles. The van der Waals surface area contributed by atoms with Gasteiger partial charge in [0.15, 0.2) is 0 Å². The van der Waals surface area contributed by atoms with E-state index in [1.54, 1.807) is 0 Å². The first kappa shape index (κ1) is 14.3. The van der Waals surface area contributed by atoms with Crippen LogP contribution in [0.4, 0.5) is 0 Å². The minimum absolute atomic E-state index is 0.399. The lowest BCUT2D eigenvalue weighted by atomic mass is 9.91.